The van der Waals surface area contributed by atoms with E-state index in [9.17, 15) is 4.79 Å². The highest BCUT2D eigenvalue weighted by Crippen LogP contribution is 2.22. The highest BCUT2D eigenvalue weighted by Gasteiger charge is 2.27. The molecule has 0 saturated heterocycles. The van der Waals surface area contributed by atoms with Gasteiger partial charge in [0.2, 0.25) is 0 Å². The molecular weight excluding hydrogens is 276 g/mol. The van der Waals surface area contributed by atoms with Gasteiger partial charge in [0.05, 0.1) is 5.69 Å². The Morgan fingerprint density at radius 3 is 2.68 bits per heavy atom. The molecule has 0 spiro atoms. The summed E-state index contributed by atoms with van der Waals surface area (Å²) in [6, 6.07) is 12.4. The normalized spacial score (nSPS) is 21.2. The van der Waals surface area contributed by atoms with Gasteiger partial charge in [-0.05, 0) is 51.6 Å². The van der Waals surface area contributed by atoms with Crippen LogP contribution in [0.15, 0.2) is 42.6 Å². The van der Waals surface area contributed by atoms with Crippen LogP contribution in [0.25, 0.3) is 5.69 Å². The highest BCUT2D eigenvalue weighted by atomic mass is 16.2. The fraction of sp³-hybridized carbons (Fsp3) is 0.412. The predicted molar refractivity (Wildman–Crippen MR) is 86.1 cm³/mol. The van der Waals surface area contributed by atoms with Crippen molar-refractivity contribution in [3.8, 4) is 5.69 Å². The second-order valence-corrected chi connectivity index (χ2v) is 6.08. The minimum atomic E-state index is -0.0842. The van der Waals surface area contributed by atoms with Gasteiger partial charge in [-0.3, -0.25) is 4.79 Å². The van der Waals surface area contributed by atoms with Crippen LogP contribution in [-0.4, -0.2) is 46.8 Å². The summed E-state index contributed by atoms with van der Waals surface area (Å²) >= 11 is 0. The monoisotopic (exact) mass is 298 g/mol. The van der Waals surface area contributed by atoms with E-state index in [2.05, 4.69) is 29.4 Å². The zero-order valence-electron chi connectivity index (χ0n) is 13.1. The molecule has 5 heteroatoms. The van der Waals surface area contributed by atoms with Crippen molar-refractivity contribution in [2.24, 2.45) is 0 Å². The van der Waals surface area contributed by atoms with Gasteiger partial charge in [0, 0.05) is 18.3 Å². The summed E-state index contributed by atoms with van der Waals surface area (Å²) < 4.78 is 1.73. The number of hydrogen-bond donors (Lipinski definition) is 1. The molecular formula is C17H22N4O. The summed E-state index contributed by atoms with van der Waals surface area (Å²) in [5.41, 5.74) is 1.42. The lowest BCUT2D eigenvalue weighted by atomic mass is 10.2. The summed E-state index contributed by atoms with van der Waals surface area (Å²) in [4.78, 5) is 14.6. The molecule has 1 aliphatic carbocycles. The molecule has 1 amide bonds. The first-order valence-corrected chi connectivity index (χ1v) is 7.72. The molecule has 1 N–H and O–H groups in total. The van der Waals surface area contributed by atoms with Crippen LogP contribution < -0.4 is 5.32 Å². The number of nitrogens with one attached hydrogen (secondary N) is 1. The van der Waals surface area contributed by atoms with Crippen LogP contribution in [0.5, 0.6) is 0 Å². The van der Waals surface area contributed by atoms with Crippen LogP contribution in [-0.2, 0) is 0 Å². The molecule has 1 saturated carbocycles. The lowest BCUT2D eigenvalue weighted by Crippen LogP contribution is -2.35. The molecule has 0 unspecified atom stereocenters. The molecule has 22 heavy (non-hydrogen) atoms. The third kappa shape index (κ3) is 3.20. The summed E-state index contributed by atoms with van der Waals surface area (Å²) in [7, 11) is 4.19. The Kier molecular flexibility index (Phi) is 4.24. The fourth-order valence-corrected chi connectivity index (χ4v) is 2.99. The Labute approximate surface area is 130 Å². The second kappa shape index (κ2) is 6.32. The molecule has 1 heterocycles. The molecule has 0 radical (unpaired) electrons. The second-order valence-electron chi connectivity index (χ2n) is 6.08. The van der Waals surface area contributed by atoms with Gasteiger partial charge in [0.15, 0.2) is 5.69 Å². The molecule has 1 aliphatic rings. The molecule has 0 aliphatic heterocycles. The van der Waals surface area contributed by atoms with Gasteiger partial charge in [-0.15, -0.1) is 0 Å². The Hall–Kier alpha value is -2.14. The van der Waals surface area contributed by atoms with Crippen LogP contribution in [0, 0.1) is 0 Å². The zero-order chi connectivity index (χ0) is 15.5. The average Bonchev–Trinajstić information content (AvgIpc) is 3.17. The molecule has 0 bridgehead atoms. The van der Waals surface area contributed by atoms with E-state index in [1.54, 1.807) is 10.7 Å². The minimum Gasteiger partial charge on any atom is -0.348 e. The van der Waals surface area contributed by atoms with Crippen LogP contribution in [0.3, 0.4) is 0 Å². The van der Waals surface area contributed by atoms with Crippen molar-refractivity contribution in [2.75, 3.05) is 14.1 Å². The minimum absolute atomic E-state index is 0.0842. The summed E-state index contributed by atoms with van der Waals surface area (Å²) in [5.74, 6) is -0.0842. The van der Waals surface area contributed by atoms with Gasteiger partial charge in [0.1, 0.15) is 0 Å². The Morgan fingerprint density at radius 2 is 2.00 bits per heavy atom. The number of benzene rings is 1. The number of carbonyl (C=O) groups excluding carboxylic acids is 1. The van der Waals surface area contributed by atoms with Crippen molar-refractivity contribution in [3.63, 3.8) is 0 Å². The number of hydrogen-bond acceptors (Lipinski definition) is 3. The number of aromatic nitrogens is 2. The Balaban J connectivity index is 1.63. The number of rotatable bonds is 4. The molecule has 5 nitrogen and oxygen atoms in total. The van der Waals surface area contributed by atoms with E-state index in [0.29, 0.717) is 11.7 Å². The van der Waals surface area contributed by atoms with Gasteiger partial charge >= 0.3 is 0 Å². The van der Waals surface area contributed by atoms with Gasteiger partial charge in [0.25, 0.3) is 5.91 Å². The third-order valence-corrected chi connectivity index (χ3v) is 4.31. The van der Waals surface area contributed by atoms with Crippen molar-refractivity contribution in [1.29, 1.82) is 0 Å². The van der Waals surface area contributed by atoms with E-state index in [0.717, 1.165) is 24.9 Å². The fourth-order valence-electron chi connectivity index (χ4n) is 2.99. The van der Waals surface area contributed by atoms with Crippen molar-refractivity contribution in [2.45, 2.75) is 31.3 Å². The molecule has 2 atom stereocenters. The van der Waals surface area contributed by atoms with E-state index in [1.807, 2.05) is 36.5 Å². The van der Waals surface area contributed by atoms with Crippen LogP contribution >= 0.6 is 0 Å². The van der Waals surface area contributed by atoms with Crippen molar-refractivity contribution in [3.05, 3.63) is 48.3 Å². The summed E-state index contributed by atoms with van der Waals surface area (Å²) in [5, 5.41) is 7.47. The van der Waals surface area contributed by atoms with Gasteiger partial charge in [-0.1, -0.05) is 18.2 Å². The molecule has 1 aromatic carbocycles. The first kappa shape index (κ1) is 14.8. The van der Waals surface area contributed by atoms with Gasteiger partial charge < -0.3 is 10.2 Å². The Bertz CT molecular complexity index is 635. The number of amides is 1. The smallest absolute Gasteiger partial charge is 0.272 e. The average molecular weight is 298 g/mol. The molecule has 1 aromatic heterocycles. The molecule has 3 rings (SSSR count). The maximum absolute atomic E-state index is 12.3. The summed E-state index contributed by atoms with van der Waals surface area (Å²) in [6.45, 7) is 0. The molecule has 2 aromatic rings. The van der Waals surface area contributed by atoms with Crippen LogP contribution in [0.1, 0.15) is 29.8 Å². The third-order valence-electron chi connectivity index (χ3n) is 4.31. The first-order chi connectivity index (χ1) is 10.6. The van der Waals surface area contributed by atoms with Crippen LogP contribution in [0.4, 0.5) is 0 Å². The van der Waals surface area contributed by atoms with Crippen molar-refractivity contribution >= 4 is 5.91 Å². The van der Waals surface area contributed by atoms with E-state index in [4.69, 9.17) is 0 Å². The first-order valence-electron chi connectivity index (χ1n) is 7.72. The van der Waals surface area contributed by atoms with Gasteiger partial charge in [-0.2, -0.15) is 5.10 Å². The maximum atomic E-state index is 12.3. The topological polar surface area (TPSA) is 50.2 Å². The quantitative estimate of drug-likeness (QED) is 0.940. The molecule has 116 valence electrons. The maximum Gasteiger partial charge on any atom is 0.272 e. The lowest BCUT2D eigenvalue weighted by molar-refractivity contribution is 0.0931. The van der Waals surface area contributed by atoms with E-state index in [1.165, 1.54) is 0 Å². The van der Waals surface area contributed by atoms with Gasteiger partial charge in [-0.25, -0.2) is 4.68 Å². The number of nitrogens with zero attached hydrogens (tertiary/aromatic N) is 3. The lowest BCUT2D eigenvalue weighted by Gasteiger charge is -2.19. The standard InChI is InChI=1S/C17H22N4O/c1-20(2)15-9-8-13(12-15)18-17(22)16-10-11-21(19-16)14-6-4-3-5-7-14/h3-7,10-11,13,15H,8-9,12H2,1-2H3,(H,18,22)/t13-,15+/m1/s1. The number of carbonyl (C=O) groups is 1. The van der Waals surface area contributed by atoms with E-state index >= 15 is 0 Å². The predicted octanol–water partition coefficient (Wildman–Crippen LogP) is 2.08. The van der Waals surface area contributed by atoms with E-state index < -0.39 is 0 Å². The largest absolute Gasteiger partial charge is 0.348 e. The molecule has 1 fully saturated rings. The zero-order valence-corrected chi connectivity index (χ0v) is 13.1. The highest BCUT2D eigenvalue weighted by molar-refractivity contribution is 5.92. The van der Waals surface area contributed by atoms with Crippen molar-refractivity contribution < 1.29 is 4.79 Å². The SMILES string of the molecule is CN(C)[C@H]1CC[C@@H](NC(=O)c2ccn(-c3ccccc3)n2)C1. The van der Waals surface area contributed by atoms with Crippen LogP contribution in [0.2, 0.25) is 0 Å². The van der Waals surface area contributed by atoms with Crippen molar-refractivity contribution in [1.82, 2.24) is 20.0 Å². The van der Waals surface area contributed by atoms with E-state index in [-0.39, 0.29) is 11.9 Å². The Morgan fingerprint density at radius 1 is 1.23 bits per heavy atom. The number of para-hydroxylation sites is 1. The summed E-state index contributed by atoms with van der Waals surface area (Å²) in [6.07, 6.45) is 5.00.